The Kier molecular flexibility index (Phi) is 6.64. The highest BCUT2D eigenvalue weighted by molar-refractivity contribution is 6.02. The van der Waals surface area contributed by atoms with Gasteiger partial charge in [0.05, 0.1) is 18.3 Å². The molecule has 0 aromatic heterocycles. The molecule has 2 aliphatic rings. The predicted molar refractivity (Wildman–Crippen MR) is 128 cm³/mol. The van der Waals surface area contributed by atoms with Gasteiger partial charge in [0.1, 0.15) is 17.7 Å². The van der Waals surface area contributed by atoms with Gasteiger partial charge in [-0.1, -0.05) is 48.5 Å². The Hall–Kier alpha value is -3.35. The van der Waals surface area contributed by atoms with Crippen LogP contribution in [-0.4, -0.2) is 47.2 Å². The number of ether oxygens (including phenoxy) is 2. The molecule has 7 nitrogen and oxygen atoms in total. The Bertz CT molecular complexity index is 1060. The van der Waals surface area contributed by atoms with E-state index in [-0.39, 0.29) is 18.6 Å². The molecule has 7 heteroatoms. The van der Waals surface area contributed by atoms with E-state index in [9.17, 15) is 14.4 Å². The van der Waals surface area contributed by atoms with Gasteiger partial charge in [0, 0.05) is 6.42 Å². The van der Waals surface area contributed by atoms with E-state index in [0.717, 1.165) is 11.1 Å². The molecule has 0 spiro atoms. The van der Waals surface area contributed by atoms with Gasteiger partial charge in [0.15, 0.2) is 0 Å². The topological polar surface area (TPSA) is 76.2 Å². The summed E-state index contributed by atoms with van der Waals surface area (Å²) >= 11 is 0. The number of fused-ring (bicyclic) bond motifs is 1. The lowest BCUT2D eigenvalue weighted by molar-refractivity contribution is -0.154. The Morgan fingerprint density at radius 2 is 1.62 bits per heavy atom. The van der Waals surface area contributed by atoms with Crippen LogP contribution in [0.3, 0.4) is 0 Å². The molecule has 1 saturated heterocycles. The van der Waals surface area contributed by atoms with Crippen LogP contribution in [0.25, 0.3) is 0 Å². The van der Waals surface area contributed by atoms with Gasteiger partial charge in [-0.25, -0.2) is 9.59 Å². The van der Waals surface area contributed by atoms with Gasteiger partial charge in [-0.3, -0.25) is 9.69 Å². The minimum absolute atomic E-state index is 0.242. The highest BCUT2D eigenvalue weighted by Gasteiger charge is 2.49. The Labute approximate surface area is 200 Å². The van der Waals surface area contributed by atoms with Crippen LogP contribution >= 0.6 is 0 Å². The number of benzene rings is 2. The van der Waals surface area contributed by atoms with E-state index in [1.54, 1.807) is 32.6 Å². The van der Waals surface area contributed by atoms with E-state index in [1.807, 2.05) is 54.6 Å². The van der Waals surface area contributed by atoms with Crippen molar-refractivity contribution in [1.29, 1.82) is 0 Å². The average molecular weight is 465 g/mol. The van der Waals surface area contributed by atoms with Gasteiger partial charge in [-0.05, 0) is 57.7 Å². The van der Waals surface area contributed by atoms with Crippen molar-refractivity contribution in [2.45, 2.75) is 70.7 Å². The number of carbonyl (C=O) groups excluding carboxylic acids is 3. The number of anilines is 1. The molecule has 0 bridgehead atoms. The van der Waals surface area contributed by atoms with E-state index in [1.165, 1.54) is 4.90 Å². The first kappa shape index (κ1) is 23.8. The summed E-state index contributed by atoms with van der Waals surface area (Å²) in [6, 6.07) is 15.4. The minimum Gasteiger partial charge on any atom is -0.464 e. The summed E-state index contributed by atoms with van der Waals surface area (Å²) in [5, 5.41) is 0. The highest BCUT2D eigenvalue weighted by Crippen LogP contribution is 2.41. The van der Waals surface area contributed by atoms with Crippen molar-refractivity contribution in [3.05, 3.63) is 65.7 Å². The lowest BCUT2D eigenvalue weighted by Crippen LogP contribution is -2.54. The number of hydrogen-bond donors (Lipinski definition) is 0. The molecule has 1 fully saturated rings. The standard InChI is InChI=1S/C27H32N2O5/c1-5-33-25(31)22-16-15-21(18-11-7-6-8-12-18)28(22)24(30)23-17-19-13-9-10-14-20(19)29(23)26(32)34-27(2,3)4/h6-14,21-23H,5,15-17H2,1-4H3/t21-,22+,23-/m1/s1. The van der Waals surface area contributed by atoms with Crippen LogP contribution in [0.15, 0.2) is 54.6 Å². The molecule has 2 aliphatic heterocycles. The molecule has 180 valence electrons. The molecule has 2 aromatic carbocycles. The van der Waals surface area contributed by atoms with E-state index in [2.05, 4.69) is 0 Å². The van der Waals surface area contributed by atoms with E-state index < -0.39 is 29.7 Å². The van der Waals surface area contributed by atoms with Crippen molar-refractivity contribution in [3.63, 3.8) is 0 Å². The number of likely N-dealkylation sites (tertiary alicyclic amines) is 1. The van der Waals surface area contributed by atoms with Crippen LogP contribution in [-0.2, 0) is 25.5 Å². The van der Waals surface area contributed by atoms with Gasteiger partial charge in [-0.15, -0.1) is 0 Å². The average Bonchev–Trinajstić information content (AvgIpc) is 3.40. The number of rotatable bonds is 4. The highest BCUT2D eigenvalue weighted by atomic mass is 16.6. The monoisotopic (exact) mass is 464 g/mol. The van der Waals surface area contributed by atoms with Gasteiger partial charge in [0.25, 0.3) is 0 Å². The largest absolute Gasteiger partial charge is 0.464 e. The SMILES string of the molecule is CCOC(=O)[C@@H]1CC[C@H](c2ccccc2)N1C(=O)[C@H]1Cc2ccccc2N1C(=O)OC(C)(C)C. The van der Waals surface area contributed by atoms with Crippen molar-refractivity contribution in [2.24, 2.45) is 0 Å². The Morgan fingerprint density at radius 3 is 2.29 bits per heavy atom. The normalized spacial score (nSPS) is 21.8. The molecule has 4 rings (SSSR count). The Morgan fingerprint density at radius 1 is 0.941 bits per heavy atom. The summed E-state index contributed by atoms with van der Waals surface area (Å²) in [7, 11) is 0. The number of para-hydroxylation sites is 1. The fraction of sp³-hybridized carbons (Fsp3) is 0.444. The third-order valence-electron chi connectivity index (χ3n) is 6.23. The number of amides is 2. The zero-order valence-electron chi connectivity index (χ0n) is 20.2. The van der Waals surface area contributed by atoms with Crippen molar-refractivity contribution >= 4 is 23.7 Å². The second-order valence-electron chi connectivity index (χ2n) is 9.72. The summed E-state index contributed by atoms with van der Waals surface area (Å²) in [4.78, 5) is 43.4. The van der Waals surface area contributed by atoms with Gasteiger partial charge in [0.2, 0.25) is 5.91 Å². The quantitative estimate of drug-likeness (QED) is 0.616. The predicted octanol–water partition coefficient (Wildman–Crippen LogP) is 4.65. The van der Waals surface area contributed by atoms with E-state index >= 15 is 0 Å². The summed E-state index contributed by atoms with van der Waals surface area (Å²) < 4.78 is 11.0. The molecule has 34 heavy (non-hydrogen) atoms. The molecule has 0 N–H and O–H groups in total. The number of esters is 1. The van der Waals surface area contributed by atoms with Crippen LogP contribution < -0.4 is 4.90 Å². The molecule has 0 radical (unpaired) electrons. The molecule has 0 aliphatic carbocycles. The number of carbonyl (C=O) groups is 3. The second-order valence-corrected chi connectivity index (χ2v) is 9.72. The maximum atomic E-state index is 14.2. The summed E-state index contributed by atoms with van der Waals surface area (Å²) in [5.41, 5.74) is 1.81. The molecule has 3 atom stereocenters. The summed E-state index contributed by atoms with van der Waals surface area (Å²) in [6.45, 7) is 7.39. The number of nitrogens with zero attached hydrogens (tertiary/aromatic N) is 2. The minimum atomic E-state index is -0.798. The third kappa shape index (κ3) is 4.65. The number of hydrogen-bond acceptors (Lipinski definition) is 5. The van der Waals surface area contributed by atoms with Crippen molar-refractivity contribution < 1.29 is 23.9 Å². The summed E-state index contributed by atoms with van der Waals surface area (Å²) in [5.74, 6) is -0.680. The first-order valence-electron chi connectivity index (χ1n) is 11.8. The maximum absolute atomic E-state index is 14.2. The van der Waals surface area contributed by atoms with Crippen LogP contribution in [0.5, 0.6) is 0 Å². The molecular formula is C27H32N2O5. The van der Waals surface area contributed by atoms with Gasteiger partial charge < -0.3 is 14.4 Å². The zero-order chi connectivity index (χ0) is 24.5. The van der Waals surface area contributed by atoms with Gasteiger partial charge in [-0.2, -0.15) is 0 Å². The molecule has 2 amide bonds. The molecular weight excluding hydrogens is 432 g/mol. The van der Waals surface area contributed by atoms with Crippen molar-refractivity contribution in [2.75, 3.05) is 11.5 Å². The van der Waals surface area contributed by atoms with Crippen molar-refractivity contribution in [1.82, 2.24) is 4.90 Å². The first-order valence-corrected chi connectivity index (χ1v) is 11.8. The maximum Gasteiger partial charge on any atom is 0.415 e. The summed E-state index contributed by atoms with van der Waals surface area (Å²) in [6.07, 6.45) is 0.947. The lowest BCUT2D eigenvalue weighted by Gasteiger charge is -2.35. The van der Waals surface area contributed by atoms with Crippen molar-refractivity contribution in [3.8, 4) is 0 Å². The van der Waals surface area contributed by atoms with Gasteiger partial charge >= 0.3 is 12.1 Å². The third-order valence-corrected chi connectivity index (χ3v) is 6.23. The molecule has 0 unspecified atom stereocenters. The van der Waals surface area contributed by atoms with E-state index in [0.29, 0.717) is 24.9 Å². The molecule has 2 aromatic rings. The first-order chi connectivity index (χ1) is 16.2. The van der Waals surface area contributed by atoms with Crippen LogP contribution in [0.4, 0.5) is 10.5 Å². The van der Waals surface area contributed by atoms with Crippen LogP contribution in [0, 0.1) is 0 Å². The fourth-order valence-corrected chi connectivity index (χ4v) is 4.88. The molecule has 2 heterocycles. The van der Waals surface area contributed by atoms with E-state index in [4.69, 9.17) is 9.47 Å². The zero-order valence-corrected chi connectivity index (χ0v) is 20.2. The smallest absolute Gasteiger partial charge is 0.415 e. The van der Waals surface area contributed by atoms with Crippen LogP contribution in [0.1, 0.15) is 57.7 Å². The fourth-order valence-electron chi connectivity index (χ4n) is 4.88. The second kappa shape index (κ2) is 9.49. The van der Waals surface area contributed by atoms with Crippen LogP contribution in [0.2, 0.25) is 0 Å². The Balaban J connectivity index is 1.72. The molecule has 0 saturated carbocycles. The lowest BCUT2D eigenvalue weighted by atomic mass is 10.0.